The number of thioether (sulfide) groups is 1. The summed E-state index contributed by atoms with van der Waals surface area (Å²) in [6.45, 7) is 2.92. The van der Waals surface area contributed by atoms with Crippen LogP contribution in [0.3, 0.4) is 0 Å². The van der Waals surface area contributed by atoms with Gasteiger partial charge in [0.25, 0.3) is 11.1 Å². The zero-order chi connectivity index (χ0) is 27.4. The summed E-state index contributed by atoms with van der Waals surface area (Å²) in [5.74, 6) is 0.389. The number of benzene rings is 1. The fourth-order valence-electron chi connectivity index (χ4n) is 4.62. The van der Waals surface area contributed by atoms with E-state index in [4.69, 9.17) is 4.98 Å². The zero-order valence-electron chi connectivity index (χ0n) is 21.9. The number of amides is 2. The van der Waals surface area contributed by atoms with Crippen LogP contribution in [0.1, 0.15) is 24.2 Å². The number of anilines is 2. The Labute approximate surface area is 230 Å². The van der Waals surface area contributed by atoms with Gasteiger partial charge in [0.15, 0.2) is 0 Å². The molecular formula is C28H30FN7O2S. The molecule has 2 fully saturated rings. The van der Waals surface area contributed by atoms with Gasteiger partial charge in [-0.25, -0.2) is 14.4 Å². The van der Waals surface area contributed by atoms with E-state index in [0.29, 0.717) is 40.4 Å². The number of imide groups is 1. The third-order valence-electron chi connectivity index (χ3n) is 6.72. The van der Waals surface area contributed by atoms with Gasteiger partial charge in [-0.2, -0.15) is 0 Å². The maximum Gasteiger partial charge on any atom is 0.290 e. The number of hydrogen-bond acceptors (Lipinski definition) is 9. The lowest BCUT2D eigenvalue weighted by atomic mass is 9.97. The number of rotatable bonds is 8. The molecule has 2 N–H and O–H groups in total. The fourth-order valence-corrected chi connectivity index (χ4v) is 5.29. The molecule has 0 unspecified atom stereocenters. The normalized spacial score (nSPS) is 17.1. The minimum atomic E-state index is -0.401. The number of hydrogen-bond donors (Lipinski definition) is 2. The summed E-state index contributed by atoms with van der Waals surface area (Å²) >= 11 is 0.871. The number of nitrogens with one attached hydrogen (secondary N) is 2. The van der Waals surface area contributed by atoms with Gasteiger partial charge in [0.2, 0.25) is 5.95 Å². The van der Waals surface area contributed by atoms with E-state index in [-0.39, 0.29) is 11.1 Å². The Balaban J connectivity index is 1.14. The predicted molar refractivity (Wildman–Crippen MR) is 152 cm³/mol. The van der Waals surface area contributed by atoms with Crippen molar-refractivity contribution in [3.63, 3.8) is 0 Å². The molecule has 3 aromatic rings. The van der Waals surface area contributed by atoms with Crippen LogP contribution < -0.4 is 20.4 Å². The minimum absolute atomic E-state index is 0.294. The molecule has 4 heterocycles. The Bertz CT molecular complexity index is 1410. The van der Waals surface area contributed by atoms with Gasteiger partial charge in [-0.1, -0.05) is 12.1 Å². The van der Waals surface area contributed by atoms with E-state index in [0.717, 1.165) is 55.5 Å². The van der Waals surface area contributed by atoms with Gasteiger partial charge in [-0.15, -0.1) is 0 Å². The molecule has 5 rings (SSSR count). The van der Waals surface area contributed by atoms with Crippen LogP contribution >= 0.6 is 11.8 Å². The fraction of sp³-hybridized carbons (Fsp3) is 0.321. The highest BCUT2D eigenvalue weighted by atomic mass is 32.2. The SMILES string of the molecule is CN(C)c1cccc(-c2cc(F)cc(CNCC3CCN(c4nccc(/C=C5\SC(=O)NC5=O)n4)CC3)n2)c1. The number of carbonyl (C=O) groups is 2. The molecule has 11 heteroatoms. The van der Waals surface area contributed by atoms with Crippen LogP contribution in [0.15, 0.2) is 53.6 Å². The molecule has 2 aromatic heterocycles. The summed E-state index contributed by atoms with van der Waals surface area (Å²) < 4.78 is 14.4. The van der Waals surface area contributed by atoms with Crippen molar-refractivity contribution in [1.29, 1.82) is 0 Å². The molecule has 9 nitrogen and oxygen atoms in total. The Hall–Kier alpha value is -3.83. The maximum atomic E-state index is 14.4. The highest BCUT2D eigenvalue weighted by molar-refractivity contribution is 8.18. The first-order valence-electron chi connectivity index (χ1n) is 12.8. The first-order valence-corrected chi connectivity index (χ1v) is 13.6. The lowest BCUT2D eigenvalue weighted by Crippen LogP contribution is -2.38. The summed E-state index contributed by atoms with van der Waals surface area (Å²) in [7, 11) is 3.95. The Morgan fingerprint density at radius 1 is 1.15 bits per heavy atom. The number of halogens is 1. The molecule has 2 amide bonds. The van der Waals surface area contributed by atoms with E-state index in [1.807, 2.05) is 43.3 Å². The Kier molecular flexibility index (Phi) is 8.18. The summed E-state index contributed by atoms with van der Waals surface area (Å²) in [5.41, 5.74) is 3.81. The van der Waals surface area contributed by atoms with Crippen LogP contribution in [0.5, 0.6) is 0 Å². The van der Waals surface area contributed by atoms with Crippen molar-refractivity contribution < 1.29 is 14.0 Å². The Morgan fingerprint density at radius 2 is 1.97 bits per heavy atom. The second-order valence-corrected chi connectivity index (χ2v) is 10.8. The third kappa shape index (κ3) is 6.79. The number of nitrogens with zero attached hydrogens (tertiary/aromatic N) is 5. The van der Waals surface area contributed by atoms with Crippen molar-refractivity contribution in [2.75, 3.05) is 43.5 Å². The van der Waals surface area contributed by atoms with Crippen molar-refractivity contribution in [2.24, 2.45) is 5.92 Å². The molecule has 1 aromatic carbocycles. The first kappa shape index (κ1) is 26.8. The minimum Gasteiger partial charge on any atom is -0.378 e. The van der Waals surface area contributed by atoms with Gasteiger partial charge in [0.05, 0.1) is 22.0 Å². The summed E-state index contributed by atoms with van der Waals surface area (Å²) in [4.78, 5) is 41.4. The number of carbonyl (C=O) groups excluding carboxylic acids is 2. The van der Waals surface area contributed by atoms with Crippen molar-refractivity contribution in [1.82, 2.24) is 25.6 Å². The third-order valence-corrected chi connectivity index (χ3v) is 7.53. The van der Waals surface area contributed by atoms with E-state index < -0.39 is 5.91 Å². The highest BCUT2D eigenvalue weighted by Gasteiger charge is 2.26. The highest BCUT2D eigenvalue weighted by Crippen LogP contribution is 2.26. The smallest absolute Gasteiger partial charge is 0.290 e. The average Bonchev–Trinajstić information content (AvgIpc) is 3.25. The standard InChI is InChI=1S/C28H30FN7O2S/c1-35(2)23-5-3-4-19(12-23)24-14-20(29)13-22(32-24)17-30-16-18-7-10-36(11-8-18)27-31-9-6-21(33-27)15-25-26(37)34-28(38)39-25/h3-6,9,12-15,18,30H,7-8,10-11,16-17H2,1-2H3,(H,34,37,38)/b25-15-. The van der Waals surface area contributed by atoms with E-state index in [1.165, 1.54) is 12.1 Å². The van der Waals surface area contributed by atoms with Crippen LogP contribution in [-0.4, -0.2) is 59.8 Å². The second kappa shape index (κ2) is 11.9. The topological polar surface area (TPSA) is 103 Å². The molecular weight excluding hydrogens is 517 g/mol. The molecule has 2 aliphatic rings. The monoisotopic (exact) mass is 547 g/mol. The molecule has 39 heavy (non-hydrogen) atoms. The maximum absolute atomic E-state index is 14.4. The van der Waals surface area contributed by atoms with Gasteiger partial charge in [-0.3, -0.25) is 19.9 Å². The van der Waals surface area contributed by atoms with Crippen LogP contribution in [0.25, 0.3) is 17.3 Å². The molecule has 2 aliphatic heterocycles. The molecule has 0 atom stereocenters. The first-order chi connectivity index (χ1) is 18.8. The van der Waals surface area contributed by atoms with Crippen molar-refractivity contribution in [2.45, 2.75) is 19.4 Å². The number of pyridine rings is 1. The molecule has 0 saturated carbocycles. The van der Waals surface area contributed by atoms with E-state index in [2.05, 4.69) is 25.5 Å². The van der Waals surface area contributed by atoms with E-state index >= 15 is 0 Å². The quantitative estimate of drug-likeness (QED) is 0.404. The van der Waals surface area contributed by atoms with Gasteiger partial charge in [0, 0.05) is 57.2 Å². The van der Waals surface area contributed by atoms with Crippen LogP contribution in [0.4, 0.5) is 20.8 Å². The lowest BCUT2D eigenvalue weighted by molar-refractivity contribution is -0.115. The molecule has 0 bridgehead atoms. The van der Waals surface area contributed by atoms with Crippen LogP contribution in [-0.2, 0) is 11.3 Å². The van der Waals surface area contributed by atoms with Crippen LogP contribution in [0.2, 0.25) is 0 Å². The molecule has 0 aliphatic carbocycles. The molecule has 0 radical (unpaired) electrons. The van der Waals surface area contributed by atoms with Crippen molar-refractivity contribution >= 4 is 40.6 Å². The average molecular weight is 548 g/mol. The van der Waals surface area contributed by atoms with Crippen molar-refractivity contribution in [3.8, 4) is 11.3 Å². The Morgan fingerprint density at radius 3 is 2.72 bits per heavy atom. The van der Waals surface area contributed by atoms with E-state index in [1.54, 1.807) is 18.3 Å². The lowest BCUT2D eigenvalue weighted by Gasteiger charge is -2.32. The number of piperidine rings is 1. The molecule has 0 spiro atoms. The summed E-state index contributed by atoms with van der Waals surface area (Å²) in [6, 6.07) is 12.6. The zero-order valence-corrected chi connectivity index (χ0v) is 22.7. The molecule has 202 valence electrons. The number of aromatic nitrogens is 3. The van der Waals surface area contributed by atoms with Crippen LogP contribution in [0, 0.1) is 11.7 Å². The largest absolute Gasteiger partial charge is 0.378 e. The predicted octanol–water partition coefficient (Wildman–Crippen LogP) is 4.07. The summed E-state index contributed by atoms with van der Waals surface area (Å²) in [6.07, 6.45) is 5.21. The second-order valence-electron chi connectivity index (χ2n) is 9.80. The van der Waals surface area contributed by atoms with Gasteiger partial charge in [0.1, 0.15) is 5.82 Å². The van der Waals surface area contributed by atoms with Crippen molar-refractivity contribution in [3.05, 3.63) is 70.8 Å². The summed E-state index contributed by atoms with van der Waals surface area (Å²) in [5, 5.41) is 5.33. The van der Waals surface area contributed by atoms with Gasteiger partial charge >= 0.3 is 0 Å². The van der Waals surface area contributed by atoms with Gasteiger partial charge < -0.3 is 15.1 Å². The van der Waals surface area contributed by atoms with E-state index in [9.17, 15) is 14.0 Å². The van der Waals surface area contributed by atoms with Gasteiger partial charge in [-0.05, 0) is 67.4 Å². The molecule has 2 saturated heterocycles.